The fourth-order valence-corrected chi connectivity index (χ4v) is 0.603. The predicted octanol–water partition coefficient (Wildman–Crippen LogP) is -0.443. The van der Waals surface area contributed by atoms with Crippen LogP contribution in [0.1, 0.15) is 10.6 Å². The lowest BCUT2D eigenvalue weighted by molar-refractivity contribution is 0.0677. The summed E-state index contributed by atoms with van der Waals surface area (Å²) in [6.45, 7) is 3.73. The maximum absolute atomic E-state index is 10.4. The van der Waals surface area contributed by atoms with Crippen LogP contribution in [0.15, 0.2) is 12.7 Å². The maximum atomic E-state index is 10.4. The van der Waals surface area contributed by atoms with Crippen LogP contribution >= 0.6 is 0 Å². The van der Waals surface area contributed by atoms with E-state index in [-0.39, 0.29) is 5.82 Å². The Bertz CT molecular complexity index is 280. The molecule has 1 rings (SSSR count). The van der Waals surface area contributed by atoms with Gasteiger partial charge in [0.2, 0.25) is 0 Å². The van der Waals surface area contributed by atoms with E-state index in [1.54, 1.807) is 0 Å². The third-order valence-corrected chi connectivity index (χ3v) is 1.03. The van der Waals surface area contributed by atoms with Crippen molar-refractivity contribution in [3.05, 3.63) is 18.5 Å². The minimum Gasteiger partial charge on any atom is -0.475 e. The number of aromatic carboxylic acids is 1. The monoisotopic (exact) mass is 154 g/mol. The van der Waals surface area contributed by atoms with Gasteiger partial charge in [-0.25, -0.2) is 9.48 Å². The molecular weight excluding hydrogens is 148 g/mol. The molecule has 11 heavy (non-hydrogen) atoms. The molecule has 0 bridgehead atoms. The summed E-state index contributed by atoms with van der Waals surface area (Å²) in [7, 11) is 0. The van der Waals surface area contributed by atoms with Gasteiger partial charge >= 0.3 is 5.97 Å². The summed E-state index contributed by atoms with van der Waals surface area (Å²) in [5, 5.41) is 18.4. The fraction of sp³-hybridized carbons (Fsp3) is 0.200. The van der Waals surface area contributed by atoms with Gasteiger partial charge in [-0.3, -0.25) is 0 Å². The van der Waals surface area contributed by atoms with E-state index < -0.39 is 5.97 Å². The van der Waals surface area contributed by atoms with Crippen molar-refractivity contribution in [1.29, 1.82) is 0 Å². The highest BCUT2D eigenvalue weighted by Crippen LogP contribution is 1.90. The molecule has 58 valence electrons. The Balaban J connectivity index is 2.95. The molecule has 0 saturated heterocycles. The lowest BCUT2D eigenvalue weighted by Gasteiger charge is -1.93. The number of carboxylic acids is 1. The molecule has 0 radical (unpaired) electrons. The lowest BCUT2D eigenvalue weighted by Crippen LogP contribution is -2.09. The zero-order valence-electron chi connectivity index (χ0n) is 5.64. The molecule has 6 heteroatoms. The van der Waals surface area contributed by atoms with Crippen molar-refractivity contribution in [1.82, 2.24) is 20.2 Å². The van der Waals surface area contributed by atoms with E-state index in [0.717, 1.165) is 4.68 Å². The Kier molecular flexibility index (Phi) is 1.95. The van der Waals surface area contributed by atoms with E-state index in [4.69, 9.17) is 5.11 Å². The first-order valence-electron chi connectivity index (χ1n) is 2.86. The van der Waals surface area contributed by atoms with Crippen molar-refractivity contribution in [3.63, 3.8) is 0 Å². The first-order chi connectivity index (χ1) is 5.25. The van der Waals surface area contributed by atoms with Crippen LogP contribution in [0, 0.1) is 0 Å². The van der Waals surface area contributed by atoms with Gasteiger partial charge in [-0.15, -0.1) is 11.7 Å². The summed E-state index contributed by atoms with van der Waals surface area (Å²) >= 11 is 0. The van der Waals surface area contributed by atoms with Crippen LogP contribution in [-0.4, -0.2) is 31.3 Å². The quantitative estimate of drug-likeness (QED) is 0.597. The molecule has 6 nitrogen and oxygen atoms in total. The number of allylic oxidation sites excluding steroid dienone is 1. The van der Waals surface area contributed by atoms with Crippen LogP contribution in [0.25, 0.3) is 0 Å². The van der Waals surface area contributed by atoms with Crippen molar-refractivity contribution in [2.45, 2.75) is 6.54 Å². The van der Waals surface area contributed by atoms with Crippen LogP contribution in [0.2, 0.25) is 0 Å². The number of aromatic nitrogens is 4. The van der Waals surface area contributed by atoms with Gasteiger partial charge in [-0.2, -0.15) is 0 Å². The topological polar surface area (TPSA) is 80.9 Å². The van der Waals surface area contributed by atoms with E-state index in [9.17, 15) is 4.79 Å². The molecule has 1 aromatic rings. The number of tetrazole rings is 1. The van der Waals surface area contributed by atoms with Gasteiger partial charge < -0.3 is 5.11 Å². The SMILES string of the molecule is C=CCn1nnnc1C(=O)O. The molecule has 0 unspecified atom stereocenters. The summed E-state index contributed by atoms with van der Waals surface area (Å²) in [5.74, 6) is -1.32. The third kappa shape index (κ3) is 1.40. The van der Waals surface area contributed by atoms with Crippen molar-refractivity contribution in [2.24, 2.45) is 0 Å². The molecular formula is C5H6N4O2. The minimum absolute atomic E-state index is 0.176. The largest absolute Gasteiger partial charge is 0.475 e. The number of carbonyl (C=O) groups is 1. The Morgan fingerprint density at radius 1 is 1.82 bits per heavy atom. The van der Waals surface area contributed by atoms with Crippen LogP contribution in [-0.2, 0) is 6.54 Å². The van der Waals surface area contributed by atoms with Crippen LogP contribution in [0.3, 0.4) is 0 Å². The molecule has 0 aliphatic heterocycles. The molecule has 0 atom stereocenters. The lowest BCUT2D eigenvalue weighted by atomic mass is 10.5. The average Bonchev–Trinajstić information content (AvgIpc) is 2.36. The molecule has 1 N–H and O–H groups in total. The van der Waals surface area contributed by atoms with Crippen LogP contribution in [0.5, 0.6) is 0 Å². The zero-order valence-corrected chi connectivity index (χ0v) is 5.64. The highest BCUT2D eigenvalue weighted by molar-refractivity contribution is 5.82. The van der Waals surface area contributed by atoms with Gasteiger partial charge in [-0.05, 0) is 10.4 Å². The molecule has 0 amide bonds. The fourth-order valence-electron chi connectivity index (χ4n) is 0.603. The summed E-state index contributed by atoms with van der Waals surface area (Å²) in [5.41, 5.74) is 0. The summed E-state index contributed by atoms with van der Waals surface area (Å²) in [6, 6.07) is 0. The molecule has 0 saturated carbocycles. The van der Waals surface area contributed by atoms with Gasteiger partial charge in [0.1, 0.15) is 0 Å². The standard InChI is InChI=1S/C5H6N4O2/c1-2-3-9-4(5(10)11)6-7-8-9/h2H,1,3H2,(H,10,11). The van der Waals surface area contributed by atoms with Crippen LogP contribution < -0.4 is 0 Å². The average molecular weight is 154 g/mol. The first kappa shape index (κ1) is 7.39. The Hall–Kier alpha value is -1.72. The minimum atomic E-state index is -1.14. The van der Waals surface area contributed by atoms with Gasteiger partial charge in [0, 0.05) is 0 Å². The second-order valence-corrected chi connectivity index (χ2v) is 1.78. The smallest absolute Gasteiger partial charge is 0.375 e. The Morgan fingerprint density at radius 2 is 2.55 bits per heavy atom. The highest BCUT2D eigenvalue weighted by atomic mass is 16.4. The predicted molar refractivity (Wildman–Crippen MR) is 35.0 cm³/mol. The molecule has 0 fully saturated rings. The number of rotatable bonds is 3. The summed E-state index contributed by atoms with van der Waals surface area (Å²) in [6.07, 6.45) is 1.52. The molecule has 0 spiro atoms. The molecule has 1 aromatic heterocycles. The second kappa shape index (κ2) is 2.91. The van der Waals surface area contributed by atoms with Gasteiger partial charge in [-0.1, -0.05) is 6.08 Å². The Morgan fingerprint density at radius 3 is 3.09 bits per heavy atom. The van der Waals surface area contributed by atoms with E-state index >= 15 is 0 Å². The zero-order chi connectivity index (χ0) is 8.27. The first-order valence-corrected chi connectivity index (χ1v) is 2.86. The molecule has 0 aliphatic rings. The van der Waals surface area contributed by atoms with Crippen molar-refractivity contribution < 1.29 is 9.90 Å². The van der Waals surface area contributed by atoms with Gasteiger partial charge in [0.05, 0.1) is 6.54 Å². The van der Waals surface area contributed by atoms with Gasteiger partial charge in [0.15, 0.2) is 0 Å². The summed E-state index contributed by atoms with van der Waals surface area (Å²) < 4.78 is 1.15. The van der Waals surface area contributed by atoms with E-state index in [2.05, 4.69) is 22.1 Å². The van der Waals surface area contributed by atoms with E-state index in [1.807, 2.05) is 0 Å². The number of nitrogens with zero attached hydrogens (tertiary/aromatic N) is 4. The second-order valence-electron chi connectivity index (χ2n) is 1.78. The number of carboxylic acid groups (broad SMARTS) is 1. The molecule has 0 aliphatic carbocycles. The Labute approximate surface area is 62.1 Å². The van der Waals surface area contributed by atoms with E-state index in [0.29, 0.717) is 6.54 Å². The van der Waals surface area contributed by atoms with E-state index in [1.165, 1.54) is 6.08 Å². The normalized spacial score (nSPS) is 9.45. The summed E-state index contributed by atoms with van der Waals surface area (Å²) in [4.78, 5) is 10.4. The maximum Gasteiger partial charge on any atom is 0.375 e. The van der Waals surface area contributed by atoms with Crippen molar-refractivity contribution in [3.8, 4) is 0 Å². The number of hydrogen-bond donors (Lipinski definition) is 1. The molecule has 0 aromatic carbocycles. The number of hydrogen-bond acceptors (Lipinski definition) is 4. The van der Waals surface area contributed by atoms with Crippen LogP contribution in [0.4, 0.5) is 0 Å². The highest BCUT2D eigenvalue weighted by Gasteiger charge is 2.11. The van der Waals surface area contributed by atoms with Crippen molar-refractivity contribution >= 4 is 5.97 Å². The van der Waals surface area contributed by atoms with Gasteiger partial charge in [0.25, 0.3) is 5.82 Å². The molecule has 1 heterocycles. The third-order valence-electron chi connectivity index (χ3n) is 1.03. The van der Waals surface area contributed by atoms with Crippen molar-refractivity contribution in [2.75, 3.05) is 0 Å².